The molecule has 0 saturated heterocycles. The second-order valence-electron chi connectivity index (χ2n) is 4.70. The van der Waals surface area contributed by atoms with Gasteiger partial charge in [-0.25, -0.2) is 9.07 Å². The molecule has 0 aliphatic rings. The molecule has 6 heteroatoms. The highest BCUT2D eigenvalue weighted by molar-refractivity contribution is 5.92. The third-order valence-electron chi connectivity index (χ3n) is 3.15. The molecule has 2 aromatic rings. The number of benzene rings is 1. The maximum absolute atomic E-state index is 14.1. The van der Waals surface area contributed by atoms with Crippen molar-refractivity contribution in [2.75, 3.05) is 0 Å². The summed E-state index contributed by atoms with van der Waals surface area (Å²) in [6.45, 7) is 1.99. The van der Waals surface area contributed by atoms with Crippen molar-refractivity contribution in [3.8, 4) is 5.69 Å². The van der Waals surface area contributed by atoms with Gasteiger partial charge in [-0.3, -0.25) is 4.79 Å². The molecule has 5 nitrogen and oxygen atoms in total. The third kappa shape index (κ3) is 3.03. The fourth-order valence-electron chi connectivity index (χ4n) is 1.89. The molecular weight excluding hydrogens is 259 g/mol. The SMILES string of the molecule is CCC(N)Cc1ccc(-n2cc(C(N)=O)cn2)c(F)c1. The van der Waals surface area contributed by atoms with E-state index in [1.165, 1.54) is 23.1 Å². The zero-order valence-electron chi connectivity index (χ0n) is 11.2. The minimum Gasteiger partial charge on any atom is -0.366 e. The van der Waals surface area contributed by atoms with Crippen molar-refractivity contribution >= 4 is 5.91 Å². The molecule has 1 aromatic heterocycles. The van der Waals surface area contributed by atoms with E-state index in [2.05, 4.69) is 5.10 Å². The summed E-state index contributed by atoms with van der Waals surface area (Å²) in [5.41, 5.74) is 12.3. The van der Waals surface area contributed by atoms with Crippen LogP contribution in [0.2, 0.25) is 0 Å². The van der Waals surface area contributed by atoms with Crippen molar-refractivity contribution in [1.82, 2.24) is 9.78 Å². The number of nitrogens with two attached hydrogens (primary N) is 2. The first-order chi connectivity index (χ1) is 9.51. The van der Waals surface area contributed by atoms with Crippen LogP contribution in [0.25, 0.3) is 5.69 Å². The molecule has 1 heterocycles. The van der Waals surface area contributed by atoms with Crippen molar-refractivity contribution in [2.24, 2.45) is 11.5 Å². The van der Waals surface area contributed by atoms with Crippen LogP contribution < -0.4 is 11.5 Å². The molecule has 0 fully saturated rings. The monoisotopic (exact) mass is 276 g/mol. The summed E-state index contributed by atoms with van der Waals surface area (Å²) in [5, 5.41) is 3.93. The number of rotatable bonds is 5. The summed E-state index contributed by atoms with van der Waals surface area (Å²) >= 11 is 0. The Kier molecular flexibility index (Phi) is 4.14. The smallest absolute Gasteiger partial charge is 0.251 e. The molecule has 106 valence electrons. The van der Waals surface area contributed by atoms with Gasteiger partial charge in [0.25, 0.3) is 5.91 Å². The van der Waals surface area contributed by atoms with Gasteiger partial charge in [0.05, 0.1) is 11.8 Å². The van der Waals surface area contributed by atoms with Gasteiger partial charge in [0, 0.05) is 12.2 Å². The molecule has 4 N–H and O–H groups in total. The quantitative estimate of drug-likeness (QED) is 0.865. The van der Waals surface area contributed by atoms with Gasteiger partial charge in [-0.15, -0.1) is 0 Å². The van der Waals surface area contributed by atoms with Gasteiger partial charge >= 0.3 is 0 Å². The molecule has 1 atom stereocenters. The van der Waals surface area contributed by atoms with Crippen molar-refractivity contribution in [3.05, 3.63) is 47.5 Å². The van der Waals surface area contributed by atoms with Crippen LogP contribution in [0.4, 0.5) is 4.39 Å². The highest BCUT2D eigenvalue weighted by atomic mass is 19.1. The third-order valence-corrected chi connectivity index (χ3v) is 3.15. The number of carbonyl (C=O) groups is 1. The molecular formula is C14H17FN4O. The van der Waals surface area contributed by atoms with E-state index in [0.717, 1.165) is 12.0 Å². The van der Waals surface area contributed by atoms with E-state index < -0.39 is 11.7 Å². The fraction of sp³-hybridized carbons (Fsp3) is 0.286. The number of halogens is 1. The molecule has 0 aliphatic heterocycles. The van der Waals surface area contributed by atoms with Crippen molar-refractivity contribution in [2.45, 2.75) is 25.8 Å². The number of hydrogen-bond donors (Lipinski definition) is 2. The molecule has 20 heavy (non-hydrogen) atoms. The average molecular weight is 276 g/mol. The predicted molar refractivity (Wildman–Crippen MR) is 74.0 cm³/mol. The summed E-state index contributed by atoms with van der Waals surface area (Å²) < 4.78 is 15.4. The van der Waals surface area contributed by atoms with Gasteiger partial charge in [-0.2, -0.15) is 5.10 Å². The van der Waals surface area contributed by atoms with Crippen LogP contribution in [-0.2, 0) is 6.42 Å². The molecule has 1 amide bonds. The molecule has 0 spiro atoms. The largest absolute Gasteiger partial charge is 0.366 e. The van der Waals surface area contributed by atoms with E-state index in [0.29, 0.717) is 6.42 Å². The van der Waals surface area contributed by atoms with E-state index in [1.54, 1.807) is 12.1 Å². The van der Waals surface area contributed by atoms with Crippen LogP contribution in [0.5, 0.6) is 0 Å². The molecule has 1 aromatic carbocycles. The Hall–Kier alpha value is -2.21. The molecule has 0 saturated carbocycles. The van der Waals surface area contributed by atoms with E-state index in [4.69, 9.17) is 11.5 Å². The lowest BCUT2D eigenvalue weighted by atomic mass is 10.0. The summed E-state index contributed by atoms with van der Waals surface area (Å²) in [4.78, 5) is 11.0. The maximum atomic E-state index is 14.1. The number of carbonyl (C=O) groups excluding carboxylic acids is 1. The average Bonchev–Trinajstić information content (AvgIpc) is 2.88. The second kappa shape index (κ2) is 5.83. The van der Waals surface area contributed by atoms with E-state index >= 15 is 0 Å². The zero-order chi connectivity index (χ0) is 14.7. The van der Waals surface area contributed by atoms with Gasteiger partial charge < -0.3 is 11.5 Å². The minimum atomic E-state index is -0.595. The topological polar surface area (TPSA) is 86.9 Å². The van der Waals surface area contributed by atoms with Gasteiger partial charge in [-0.1, -0.05) is 13.0 Å². The Morgan fingerprint density at radius 3 is 2.80 bits per heavy atom. The highest BCUT2D eigenvalue weighted by Crippen LogP contribution is 2.16. The number of amides is 1. The van der Waals surface area contributed by atoms with E-state index in [1.807, 2.05) is 6.92 Å². The first kappa shape index (κ1) is 14.2. The molecule has 0 aliphatic carbocycles. The van der Waals surface area contributed by atoms with Crippen molar-refractivity contribution in [1.29, 1.82) is 0 Å². The summed E-state index contributed by atoms with van der Waals surface area (Å²) in [5.74, 6) is -1.01. The van der Waals surface area contributed by atoms with Crippen LogP contribution in [0, 0.1) is 5.82 Å². The normalized spacial score (nSPS) is 12.3. The van der Waals surface area contributed by atoms with Crippen LogP contribution in [0.15, 0.2) is 30.6 Å². The van der Waals surface area contributed by atoms with Crippen LogP contribution in [0.1, 0.15) is 29.3 Å². The van der Waals surface area contributed by atoms with Gasteiger partial charge in [0.1, 0.15) is 11.5 Å². The Morgan fingerprint density at radius 1 is 1.50 bits per heavy atom. The zero-order valence-corrected chi connectivity index (χ0v) is 11.2. The summed E-state index contributed by atoms with van der Waals surface area (Å²) in [7, 11) is 0. The second-order valence-corrected chi connectivity index (χ2v) is 4.70. The maximum Gasteiger partial charge on any atom is 0.251 e. The fourth-order valence-corrected chi connectivity index (χ4v) is 1.89. The lowest BCUT2D eigenvalue weighted by molar-refractivity contribution is 0.100. The predicted octanol–water partition coefficient (Wildman–Crippen LogP) is 1.39. The molecule has 0 radical (unpaired) electrons. The summed E-state index contributed by atoms with van der Waals surface area (Å²) in [6.07, 6.45) is 4.17. The first-order valence-electron chi connectivity index (χ1n) is 6.40. The molecule has 1 unspecified atom stereocenters. The number of nitrogens with zero attached hydrogens (tertiary/aromatic N) is 2. The van der Waals surface area contributed by atoms with E-state index in [-0.39, 0.29) is 17.3 Å². The van der Waals surface area contributed by atoms with Crippen LogP contribution in [0.3, 0.4) is 0 Å². The van der Waals surface area contributed by atoms with Gasteiger partial charge in [-0.05, 0) is 30.5 Å². The van der Waals surface area contributed by atoms with Crippen LogP contribution >= 0.6 is 0 Å². The van der Waals surface area contributed by atoms with E-state index in [9.17, 15) is 9.18 Å². The number of aromatic nitrogens is 2. The minimum absolute atomic E-state index is 0.0198. The molecule has 0 bridgehead atoms. The lowest BCUT2D eigenvalue weighted by Gasteiger charge is -2.10. The lowest BCUT2D eigenvalue weighted by Crippen LogP contribution is -2.21. The van der Waals surface area contributed by atoms with Gasteiger partial charge in [0.2, 0.25) is 0 Å². The molecule has 2 rings (SSSR count). The first-order valence-corrected chi connectivity index (χ1v) is 6.40. The highest BCUT2D eigenvalue weighted by Gasteiger charge is 2.11. The van der Waals surface area contributed by atoms with Crippen molar-refractivity contribution < 1.29 is 9.18 Å². The van der Waals surface area contributed by atoms with Crippen molar-refractivity contribution in [3.63, 3.8) is 0 Å². The van der Waals surface area contributed by atoms with Crippen LogP contribution in [-0.4, -0.2) is 21.7 Å². The standard InChI is InChI=1S/C14H17FN4O/c1-2-11(16)5-9-3-4-13(12(15)6-9)19-8-10(7-18-19)14(17)20/h3-4,6-8,11H,2,5,16H2,1H3,(H2,17,20). The summed E-state index contributed by atoms with van der Waals surface area (Å²) in [6, 6.07) is 4.88. The van der Waals surface area contributed by atoms with Gasteiger partial charge in [0.15, 0.2) is 0 Å². The Morgan fingerprint density at radius 2 is 2.25 bits per heavy atom. The Balaban J connectivity index is 2.26. The number of primary amides is 1. The Labute approximate surface area is 116 Å². The number of hydrogen-bond acceptors (Lipinski definition) is 3. The Bertz CT molecular complexity index is 623.